The van der Waals surface area contributed by atoms with Crippen molar-refractivity contribution in [1.29, 1.82) is 5.26 Å². The highest BCUT2D eigenvalue weighted by atomic mass is 32.1. The summed E-state index contributed by atoms with van der Waals surface area (Å²) in [5.74, 6) is -0.596. The predicted octanol–water partition coefficient (Wildman–Crippen LogP) is 8.01. The highest BCUT2D eigenvalue weighted by Gasteiger charge is 2.21. The van der Waals surface area contributed by atoms with Gasteiger partial charge < -0.3 is 9.47 Å². The topological polar surface area (TPSA) is 88.8 Å². The monoisotopic (exact) mass is 622 g/mol. The molecule has 0 radical (unpaired) electrons. The Bertz CT molecular complexity index is 1760. The molecule has 0 atom stereocenters. The Morgan fingerprint density at radius 2 is 1.27 bits per heavy atom. The van der Waals surface area contributed by atoms with Crippen LogP contribution in [0.15, 0.2) is 53.5 Å². The lowest BCUT2D eigenvalue weighted by Gasteiger charge is -2.02. The molecular formula is C29H22N2O4S5. The molecule has 5 aromatic rings. The van der Waals surface area contributed by atoms with Gasteiger partial charge in [0.05, 0.1) is 27.1 Å². The first-order valence-electron chi connectivity index (χ1n) is 11.9. The fourth-order valence-corrected chi connectivity index (χ4v) is 9.59. The van der Waals surface area contributed by atoms with Crippen LogP contribution in [-0.4, -0.2) is 39.4 Å². The number of carbonyl (C=O) groups excluding carboxylic acids is 2. The Labute approximate surface area is 251 Å². The van der Waals surface area contributed by atoms with E-state index in [2.05, 4.69) is 35.3 Å². The summed E-state index contributed by atoms with van der Waals surface area (Å²) in [6.07, 6.45) is 2.17. The standard InChI is InChI=1S/C29H22N2O4S5/c1-31-15-19-5-7-21(37-19)25-11-17(13-27(33)35-3)29(40-25)23-9-8-22(38-23)28-16(12-26(32)34-2)10-24(39-28)20-6-4-18(14-30)36-20/h4-11,15H,12-13H2,1-3H3. The van der Waals surface area contributed by atoms with E-state index in [1.54, 1.807) is 52.4 Å². The highest BCUT2D eigenvalue weighted by Crippen LogP contribution is 2.48. The molecule has 11 heteroatoms. The molecule has 202 valence electrons. The molecule has 0 amide bonds. The third-order valence-corrected chi connectivity index (χ3v) is 12.1. The average molecular weight is 623 g/mol. The normalized spacial score (nSPS) is 11.2. The van der Waals surface area contributed by atoms with Gasteiger partial charge in [0, 0.05) is 57.2 Å². The number of nitriles is 1. The second-order valence-corrected chi connectivity index (χ2v) is 13.9. The molecule has 6 nitrogen and oxygen atoms in total. The van der Waals surface area contributed by atoms with Gasteiger partial charge in [-0.15, -0.1) is 56.7 Å². The molecule has 0 N–H and O–H groups in total. The van der Waals surface area contributed by atoms with E-state index >= 15 is 0 Å². The molecule has 0 saturated heterocycles. The van der Waals surface area contributed by atoms with Crippen LogP contribution >= 0.6 is 56.7 Å². The molecule has 0 aliphatic rings. The Balaban J connectivity index is 1.55. The van der Waals surface area contributed by atoms with Crippen LogP contribution in [0.5, 0.6) is 0 Å². The van der Waals surface area contributed by atoms with Gasteiger partial charge in [0.1, 0.15) is 10.9 Å². The number of aliphatic imine (C=N–C) groups is 1. The van der Waals surface area contributed by atoms with Crippen LogP contribution in [-0.2, 0) is 31.9 Å². The van der Waals surface area contributed by atoms with Gasteiger partial charge in [0.2, 0.25) is 0 Å². The maximum atomic E-state index is 12.3. The molecule has 0 spiro atoms. The van der Waals surface area contributed by atoms with Gasteiger partial charge in [-0.2, -0.15) is 5.26 Å². The average Bonchev–Trinajstić information content (AvgIpc) is 3.77. The van der Waals surface area contributed by atoms with Crippen LogP contribution in [0.3, 0.4) is 0 Å². The van der Waals surface area contributed by atoms with Crippen LogP contribution in [0, 0.1) is 11.3 Å². The Morgan fingerprint density at radius 3 is 1.77 bits per heavy atom. The van der Waals surface area contributed by atoms with E-state index in [1.807, 2.05) is 30.5 Å². The van der Waals surface area contributed by atoms with E-state index < -0.39 is 0 Å². The van der Waals surface area contributed by atoms with E-state index in [1.165, 1.54) is 25.6 Å². The molecule has 5 aromatic heterocycles. The molecule has 40 heavy (non-hydrogen) atoms. The van der Waals surface area contributed by atoms with E-state index in [9.17, 15) is 14.9 Å². The van der Waals surface area contributed by atoms with Crippen LogP contribution < -0.4 is 0 Å². The van der Waals surface area contributed by atoms with Crippen LogP contribution in [0.2, 0.25) is 0 Å². The molecule has 0 aromatic carbocycles. The number of carbonyl (C=O) groups is 2. The SMILES string of the molecule is CN=Cc1ccc(-c2cc(CC(=O)OC)c(-c3ccc(-c4sc(-c5ccc(C#N)s5)cc4CC(=O)OC)s3)s2)s1. The first-order valence-corrected chi connectivity index (χ1v) is 16.0. The van der Waals surface area contributed by atoms with Gasteiger partial charge in [-0.25, -0.2) is 0 Å². The predicted molar refractivity (Wildman–Crippen MR) is 167 cm³/mol. The number of methoxy groups -OCH3 is 2. The van der Waals surface area contributed by atoms with Crippen LogP contribution in [0.1, 0.15) is 20.9 Å². The molecule has 0 fully saturated rings. The quantitative estimate of drug-likeness (QED) is 0.123. The second-order valence-electron chi connectivity index (χ2n) is 8.46. The van der Waals surface area contributed by atoms with Gasteiger partial charge >= 0.3 is 11.9 Å². The van der Waals surface area contributed by atoms with Crippen molar-refractivity contribution in [2.24, 2.45) is 4.99 Å². The fourth-order valence-electron chi connectivity index (χ4n) is 4.03. The van der Waals surface area contributed by atoms with Crippen molar-refractivity contribution in [2.45, 2.75) is 12.8 Å². The zero-order valence-corrected chi connectivity index (χ0v) is 25.8. The lowest BCUT2D eigenvalue weighted by molar-refractivity contribution is -0.140. The van der Waals surface area contributed by atoms with Crippen molar-refractivity contribution < 1.29 is 19.1 Å². The number of hydrogen-bond acceptors (Lipinski definition) is 11. The molecule has 0 unspecified atom stereocenters. The van der Waals surface area contributed by atoms with Crippen molar-refractivity contribution in [3.8, 4) is 45.1 Å². The number of hydrogen-bond donors (Lipinski definition) is 0. The van der Waals surface area contributed by atoms with Crippen molar-refractivity contribution in [3.05, 3.63) is 69.4 Å². The maximum absolute atomic E-state index is 12.3. The molecule has 0 saturated carbocycles. The summed E-state index contributed by atoms with van der Waals surface area (Å²) < 4.78 is 9.94. The largest absolute Gasteiger partial charge is 0.469 e. The zero-order chi connectivity index (χ0) is 28.2. The summed E-state index contributed by atoms with van der Waals surface area (Å²) in [6.45, 7) is 0. The number of thiophene rings is 5. The van der Waals surface area contributed by atoms with Crippen molar-refractivity contribution in [2.75, 3.05) is 21.3 Å². The lowest BCUT2D eigenvalue weighted by atomic mass is 10.1. The van der Waals surface area contributed by atoms with Gasteiger partial charge in [0.15, 0.2) is 0 Å². The van der Waals surface area contributed by atoms with Crippen LogP contribution in [0.4, 0.5) is 0 Å². The second kappa shape index (κ2) is 12.4. The Kier molecular flexibility index (Phi) is 8.73. The van der Waals surface area contributed by atoms with Gasteiger partial charge in [-0.3, -0.25) is 14.6 Å². The van der Waals surface area contributed by atoms with E-state index in [0.717, 1.165) is 55.0 Å². The van der Waals surface area contributed by atoms with E-state index in [4.69, 9.17) is 9.47 Å². The smallest absolute Gasteiger partial charge is 0.310 e. The van der Waals surface area contributed by atoms with Crippen molar-refractivity contribution in [3.63, 3.8) is 0 Å². The third kappa shape index (κ3) is 6.01. The van der Waals surface area contributed by atoms with Crippen LogP contribution in [0.25, 0.3) is 39.0 Å². The molecule has 5 heterocycles. The molecule has 0 aliphatic heterocycles. The summed E-state index contributed by atoms with van der Waals surface area (Å²) in [5.41, 5.74) is 1.81. The Hall–Kier alpha value is -3.40. The van der Waals surface area contributed by atoms with Gasteiger partial charge in [0.25, 0.3) is 0 Å². The number of nitrogens with zero attached hydrogens (tertiary/aromatic N) is 2. The molecule has 0 aliphatic carbocycles. The lowest BCUT2D eigenvalue weighted by Crippen LogP contribution is -2.04. The summed E-state index contributed by atoms with van der Waals surface area (Å²) in [4.78, 5) is 38.6. The number of rotatable bonds is 9. The minimum Gasteiger partial charge on any atom is -0.469 e. The maximum Gasteiger partial charge on any atom is 0.310 e. The van der Waals surface area contributed by atoms with Crippen molar-refractivity contribution >= 4 is 74.8 Å². The summed E-state index contributed by atoms with van der Waals surface area (Å²) >= 11 is 7.97. The van der Waals surface area contributed by atoms with Gasteiger partial charge in [-0.1, -0.05) is 0 Å². The minimum atomic E-state index is -0.307. The summed E-state index contributed by atoms with van der Waals surface area (Å²) in [6, 6.07) is 18.3. The summed E-state index contributed by atoms with van der Waals surface area (Å²) in [7, 11) is 4.54. The molecular weight excluding hydrogens is 601 g/mol. The minimum absolute atomic E-state index is 0.157. The van der Waals surface area contributed by atoms with Crippen molar-refractivity contribution in [1.82, 2.24) is 0 Å². The number of esters is 2. The fraction of sp³-hybridized carbons (Fsp3) is 0.172. The zero-order valence-electron chi connectivity index (χ0n) is 21.7. The van der Waals surface area contributed by atoms with E-state index in [0.29, 0.717) is 4.88 Å². The molecule has 0 bridgehead atoms. The first-order chi connectivity index (χ1) is 19.4. The van der Waals surface area contributed by atoms with Gasteiger partial charge in [-0.05, 0) is 59.7 Å². The molecule has 5 rings (SSSR count). The Morgan fingerprint density at radius 1 is 0.750 bits per heavy atom. The third-order valence-electron chi connectivity index (χ3n) is 5.88. The highest BCUT2D eigenvalue weighted by molar-refractivity contribution is 7.30. The summed E-state index contributed by atoms with van der Waals surface area (Å²) in [5, 5.41) is 9.26. The van der Waals surface area contributed by atoms with E-state index in [-0.39, 0.29) is 24.8 Å². The number of ether oxygens (including phenoxy) is 2. The first kappa shape index (κ1) is 28.1.